The minimum atomic E-state index is 0.613. The van der Waals surface area contributed by atoms with Crippen LogP contribution in [0.25, 0.3) is 0 Å². The Kier molecular flexibility index (Phi) is 9.16. The molecule has 4 nitrogen and oxygen atoms in total. The number of aliphatic imine (C=N–C) groups is 1. The van der Waals surface area contributed by atoms with E-state index in [0.717, 1.165) is 37.3 Å². The molecule has 0 aromatic heterocycles. The van der Waals surface area contributed by atoms with E-state index in [1.807, 2.05) is 7.05 Å². The van der Waals surface area contributed by atoms with Crippen LogP contribution in [-0.4, -0.2) is 60.6 Å². The molecular weight excluding hydrogens is 280 g/mol. The van der Waals surface area contributed by atoms with Crippen LogP contribution in [0.3, 0.4) is 0 Å². The Bertz CT molecular complexity index is 291. The summed E-state index contributed by atoms with van der Waals surface area (Å²) in [7, 11) is 1.85. The maximum Gasteiger partial charge on any atom is 0.191 e. The van der Waals surface area contributed by atoms with Gasteiger partial charge in [0.1, 0.15) is 0 Å². The van der Waals surface area contributed by atoms with E-state index in [0.29, 0.717) is 12.1 Å². The second-order valence-corrected chi connectivity index (χ2v) is 7.70. The molecule has 1 atom stereocenters. The SMILES string of the molecule is CN=C(NCCCN(C(C)C)C(C)C)NCC1CCCS1. The number of guanidine groups is 1. The van der Waals surface area contributed by atoms with Crippen molar-refractivity contribution in [2.24, 2.45) is 4.99 Å². The molecule has 1 rings (SSSR count). The Labute approximate surface area is 135 Å². The first-order chi connectivity index (χ1) is 10.0. The van der Waals surface area contributed by atoms with E-state index in [1.54, 1.807) is 0 Å². The van der Waals surface area contributed by atoms with E-state index >= 15 is 0 Å². The molecule has 1 aliphatic rings. The molecule has 0 saturated carbocycles. The molecule has 5 heteroatoms. The summed E-state index contributed by atoms with van der Waals surface area (Å²) in [6.45, 7) is 12.2. The largest absolute Gasteiger partial charge is 0.356 e. The highest BCUT2D eigenvalue weighted by molar-refractivity contribution is 8.00. The number of rotatable bonds is 8. The second kappa shape index (κ2) is 10.3. The van der Waals surface area contributed by atoms with Gasteiger partial charge in [0.05, 0.1) is 0 Å². The molecule has 1 fully saturated rings. The normalized spacial score (nSPS) is 19.8. The first kappa shape index (κ1) is 18.6. The summed E-state index contributed by atoms with van der Waals surface area (Å²) in [6.07, 6.45) is 3.85. The van der Waals surface area contributed by atoms with Gasteiger partial charge in [0.25, 0.3) is 0 Å². The summed E-state index contributed by atoms with van der Waals surface area (Å²) in [5, 5.41) is 7.64. The van der Waals surface area contributed by atoms with Gasteiger partial charge in [-0.15, -0.1) is 0 Å². The van der Waals surface area contributed by atoms with Gasteiger partial charge in [-0.25, -0.2) is 0 Å². The summed E-state index contributed by atoms with van der Waals surface area (Å²) in [5.74, 6) is 2.27. The molecule has 0 spiro atoms. The lowest BCUT2D eigenvalue weighted by Gasteiger charge is -2.30. The Morgan fingerprint density at radius 3 is 2.48 bits per heavy atom. The lowest BCUT2D eigenvalue weighted by atomic mass is 10.2. The summed E-state index contributed by atoms with van der Waals surface area (Å²) >= 11 is 2.08. The molecule has 124 valence electrons. The topological polar surface area (TPSA) is 39.7 Å². The van der Waals surface area contributed by atoms with Gasteiger partial charge in [-0.3, -0.25) is 9.89 Å². The van der Waals surface area contributed by atoms with Crippen LogP contribution in [0.4, 0.5) is 0 Å². The number of nitrogens with one attached hydrogen (secondary N) is 2. The third-order valence-corrected chi connectivity index (χ3v) is 5.36. The van der Waals surface area contributed by atoms with Gasteiger partial charge in [-0.2, -0.15) is 11.8 Å². The van der Waals surface area contributed by atoms with Crippen LogP contribution in [0.2, 0.25) is 0 Å². The number of nitrogens with zero attached hydrogens (tertiary/aromatic N) is 2. The van der Waals surface area contributed by atoms with Crippen LogP contribution < -0.4 is 10.6 Å². The minimum Gasteiger partial charge on any atom is -0.356 e. The van der Waals surface area contributed by atoms with Gasteiger partial charge in [-0.1, -0.05) is 0 Å². The van der Waals surface area contributed by atoms with E-state index in [9.17, 15) is 0 Å². The van der Waals surface area contributed by atoms with Crippen LogP contribution in [0, 0.1) is 0 Å². The van der Waals surface area contributed by atoms with Crippen molar-refractivity contribution in [2.45, 2.75) is 64.3 Å². The van der Waals surface area contributed by atoms with E-state index in [4.69, 9.17) is 0 Å². The predicted octanol–water partition coefficient (Wildman–Crippen LogP) is 2.56. The molecule has 0 bridgehead atoms. The zero-order valence-electron chi connectivity index (χ0n) is 14.5. The Hall–Kier alpha value is -0.420. The summed E-state index contributed by atoms with van der Waals surface area (Å²) < 4.78 is 0. The van der Waals surface area contributed by atoms with Gasteiger partial charge in [-0.05, 0) is 52.7 Å². The molecule has 0 aliphatic carbocycles. The smallest absolute Gasteiger partial charge is 0.191 e. The van der Waals surface area contributed by atoms with Crippen molar-refractivity contribution in [3.8, 4) is 0 Å². The van der Waals surface area contributed by atoms with Crippen LogP contribution >= 0.6 is 11.8 Å². The molecule has 0 aromatic rings. The van der Waals surface area contributed by atoms with Gasteiger partial charge in [0, 0.05) is 44.0 Å². The van der Waals surface area contributed by atoms with Gasteiger partial charge >= 0.3 is 0 Å². The van der Waals surface area contributed by atoms with Gasteiger partial charge in [0.15, 0.2) is 5.96 Å². The van der Waals surface area contributed by atoms with Crippen molar-refractivity contribution in [1.29, 1.82) is 0 Å². The highest BCUT2D eigenvalue weighted by atomic mass is 32.2. The lowest BCUT2D eigenvalue weighted by molar-refractivity contribution is 0.173. The fraction of sp³-hybridized carbons (Fsp3) is 0.938. The minimum absolute atomic E-state index is 0.613. The molecule has 0 amide bonds. The first-order valence-electron chi connectivity index (χ1n) is 8.36. The zero-order chi connectivity index (χ0) is 15.7. The Morgan fingerprint density at radius 1 is 1.24 bits per heavy atom. The standard InChI is InChI=1S/C16H34N4S/c1-13(2)20(14(3)4)10-7-9-18-16(17-5)19-12-15-8-6-11-21-15/h13-15H,6-12H2,1-5H3,(H2,17,18,19). The van der Waals surface area contributed by atoms with Gasteiger partial charge < -0.3 is 10.6 Å². The molecule has 0 aromatic carbocycles. The summed E-state index contributed by atoms with van der Waals surface area (Å²) in [4.78, 5) is 6.84. The molecule has 1 unspecified atom stereocenters. The van der Waals surface area contributed by atoms with Crippen molar-refractivity contribution in [3.63, 3.8) is 0 Å². The molecule has 1 aliphatic heterocycles. The predicted molar refractivity (Wildman–Crippen MR) is 96.4 cm³/mol. The van der Waals surface area contributed by atoms with E-state index in [2.05, 4.69) is 60.0 Å². The quantitative estimate of drug-likeness (QED) is 0.410. The average Bonchev–Trinajstić information content (AvgIpc) is 2.94. The maximum atomic E-state index is 4.31. The molecule has 21 heavy (non-hydrogen) atoms. The Morgan fingerprint density at radius 2 is 1.95 bits per heavy atom. The third-order valence-electron chi connectivity index (χ3n) is 3.96. The van der Waals surface area contributed by atoms with Crippen molar-refractivity contribution >= 4 is 17.7 Å². The van der Waals surface area contributed by atoms with Crippen LogP contribution in [0.15, 0.2) is 4.99 Å². The van der Waals surface area contributed by atoms with Crippen LogP contribution in [-0.2, 0) is 0 Å². The zero-order valence-corrected chi connectivity index (χ0v) is 15.3. The molecule has 0 radical (unpaired) electrons. The summed E-state index contributed by atoms with van der Waals surface area (Å²) in [6, 6.07) is 1.23. The van der Waals surface area contributed by atoms with Crippen molar-refractivity contribution in [3.05, 3.63) is 0 Å². The molecule has 1 heterocycles. The lowest BCUT2D eigenvalue weighted by Crippen LogP contribution is -2.42. The molecule has 1 saturated heterocycles. The molecular formula is C16H34N4S. The van der Waals surface area contributed by atoms with Crippen LogP contribution in [0.5, 0.6) is 0 Å². The fourth-order valence-corrected chi connectivity index (χ4v) is 4.02. The monoisotopic (exact) mass is 314 g/mol. The van der Waals surface area contributed by atoms with E-state index in [-0.39, 0.29) is 0 Å². The Balaban J connectivity index is 2.16. The van der Waals surface area contributed by atoms with Crippen LogP contribution in [0.1, 0.15) is 47.0 Å². The highest BCUT2D eigenvalue weighted by Crippen LogP contribution is 2.25. The molecule has 2 N–H and O–H groups in total. The highest BCUT2D eigenvalue weighted by Gasteiger charge is 2.15. The van der Waals surface area contributed by atoms with Crippen molar-refractivity contribution in [1.82, 2.24) is 15.5 Å². The third kappa shape index (κ3) is 7.41. The summed E-state index contributed by atoms with van der Waals surface area (Å²) in [5.41, 5.74) is 0. The number of hydrogen-bond acceptors (Lipinski definition) is 3. The average molecular weight is 315 g/mol. The second-order valence-electron chi connectivity index (χ2n) is 6.29. The van der Waals surface area contributed by atoms with Crippen molar-refractivity contribution < 1.29 is 0 Å². The first-order valence-corrected chi connectivity index (χ1v) is 9.41. The number of thioether (sulfide) groups is 1. The van der Waals surface area contributed by atoms with Crippen molar-refractivity contribution in [2.75, 3.05) is 32.4 Å². The van der Waals surface area contributed by atoms with E-state index in [1.165, 1.54) is 18.6 Å². The number of hydrogen-bond donors (Lipinski definition) is 2. The fourth-order valence-electron chi connectivity index (χ4n) is 2.82. The maximum absolute atomic E-state index is 4.31. The van der Waals surface area contributed by atoms with E-state index < -0.39 is 0 Å². The van der Waals surface area contributed by atoms with Gasteiger partial charge in [0.2, 0.25) is 0 Å².